The lowest BCUT2D eigenvalue weighted by molar-refractivity contribution is -0.384. The topological polar surface area (TPSA) is 85.3 Å². The van der Waals surface area contributed by atoms with Gasteiger partial charge in [0.05, 0.1) is 10.4 Å². The minimum atomic E-state index is -0.390. The Morgan fingerprint density at radius 3 is 2.70 bits per heavy atom. The van der Waals surface area contributed by atoms with E-state index in [-0.39, 0.29) is 16.7 Å². The Kier molecular flexibility index (Phi) is 3.23. The fraction of sp³-hybridized carbons (Fsp3) is 0.357. The van der Waals surface area contributed by atoms with Gasteiger partial charge in [-0.25, -0.2) is 4.98 Å². The van der Waals surface area contributed by atoms with E-state index in [1.807, 2.05) is 12.1 Å². The van der Waals surface area contributed by atoms with E-state index in [9.17, 15) is 10.1 Å². The molecular formula is C14H16N4O2. The molecule has 1 fully saturated rings. The number of hydrogen-bond donors (Lipinski definition) is 1. The second kappa shape index (κ2) is 5.05. The number of anilines is 1. The molecule has 6 nitrogen and oxygen atoms in total. The number of hydrogen-bond acceptors (Lipinski definition) is 5. The third kappa shape index (κ3) is 2.42. The van der Waals surface area contributed by atoms with Crippen molar-refractivity contribution < 1.29 is 4.92 Å². The van der Waals surface area contributed by atoms with Crippen LogP contribution in [0.1, 0.15) is 12.8 Å². The first-order chi connectivity index (χ1) is 9.63. The predicted molar refractivity (Wildman–Crippen MR) is 77.8 cm³/mol. The molecule has 104 valence electrons. The number of nitro groups is 1. The van der Waals surface area contributed by atoms with E-state index in [4.69, 9.17) is 5.73 Å². The SMILES string of the molecule is NC1CCN(c2ccc3cc([N+](=O)[O-])ccc3n2)CC1. The first-order valence-electron chi connectivity index (χ1n) is 6.69. The maximum absolute atomic E-state index is 10.8. The van der Waals surface area contributed by atoms with E-state index >= 15 is 0 Å². The number of nitrogens with zero attached hydrogens (tertiary/aromatic N) is 3. The van der Waals surface area contributed by atoms with Crippen molar-refractivity contribution in [2.24, 2.45) is 5.73 Å². The summed E-state index contributed by atoms with van der Waals surface area (Å²) in [4.78, 5) is 17.2. The van der Waals surface area contributed by atoms with Gasteiger partial charge in [-0.3, -0.25) is 10.1 Å². The van der Waals surface area contributed by atoms with Crippen molar-refractivity contribution in [3.8, 4) is 0 Å². The molecule has 1 aromatic heterocycles. The Morgan fingerprint density at radius 1 is 1.25 bits per heavy atom. The Labute approximate surface area is 116 Å². The number of benzene rings is 1. The van der Waals surface area contributed by atoms with Gasteiger partial charge in [-0.15, -0.1) is 0 Å². The standard InChI is InChI=1S/C14H16N4O2/c15-11-5-7-17(8-6-11)14-4-1-10-9-12(18(19)20)2-3-13(10)16-14/h1-4,9,11H,5-8,15H2. The van der Waals surface area contributed by atoms with Gasteiger partial charge in [0.2, 0.25) is 0 Å². The zero-order valence-corrected chi connectivity index (χ0v) is 11.0. The molecule has 0 bridgehead atoms. The summed E-state index contributed by atoms with van der Waals surface area (Å²) in [7, 11) is 0. The Hall–Kier alpha value is -2.21. The highest BCUT2D eigenvalue weighted by Gasteiger charge is 2.17. The molecule has 0 saturated carbocycles. The van der Waals surface area contributed by atoms with Crippen LogP contribution in [0.4, 0.5) is 11.5 Å². The number of pyridine rings is 1. The van der Waals surface area contributed by atoms with Crippen LogP contribution < -0.4 is 10.6 Å². The smallest absolute Gasteiger partial charge is 0.270 e. The molecule has 1 aromatic carbocycles. The number of nitro benzene ring substituents is 1. The summed E-state index contributed by atoms with van der Waals surface area (Å²) in [5.74, 6) is 0.915. The summed E-state index contributed by atoms with van der Waals surface area (Å²) in [5, 5.41) is 11.5. The Balaban J connectivity index is 1.91. The Morgan fingerprint density at radius 2 is 2.00 bits per heavy atom. The molecule has 20 heavy (non-hydrogen) atoms. The molecule has 0 spiro atoms. The normalized spacial score (nSPS) is 16.6. The highest BCUT2D eigenvalue weighted by Crippen LogP contribution is 2.24. The summed E-state index contributed by atoms with van der Waals surface area (Å²) >= 11 is 0. The van der Waals surface area contributed by atoms with E-state index in [2.05, 4.69) is 9.88 Å². The van der Waals surface area contributed by atoms with Crippen LogP contribution in [0.3, 0.4) is 0 Å². The van der Waals surface area contributed by atoms with E-state index in [0.717, 1.165) is 42.7 Å². The second-order valence-electron chi connectivity index (χ2n) is 5.13. The van der Waals surface area contributed by atoms with E-state index < -0.39 is 0 Å². The summed E-state index contributed by atoms with van der Waals surface area (Å²) < 4.78 is 0. The molecule has 1 aliphatic rings. The third-order valence-electron chi connectivity index (χ3n) is 3.73. The van der Waals surface area contributed by atoms with Crippen LogP contribution in [-0.2, 0) is 0 Å². The number of aromatic nitrogens is 1. The van der Waals surface area contributed by atoms with Crippen LogP contribution in [0, 0.1) is 10.1 Å². The average molecular weight is 272 g/mol. The van der Waals surface area contributed by atoms with Crippen molar-refractivity contribution in [1.29, 1.82) is 0 Å². The van der Waals surface area contributed by atoms with Gasteiger partial charge >= 0.3 is 0 Å². The summed E-state index contributed by atoms with van der Waals surface area (Å²) in [6.45, 7) is 1.82. The molecule has 1 aliphatic heterocycles. The number of fused-ring (bicyclic) bond motifs is 1. The van der Waals surface area contributed by atoms with Crippen LogP contribution in [0.2, 0.25) is 0 Å². The number of non-ortho nitro benzene ring substituents is 1. The first-order valence-corrected chi connectivity index (χ1v) is 6.69. The fourth-order valence-electron chi connectivity index (χ4n) is 2.52. The molecule has 0 unspecified atom stereocenters. The van der Waals surface area contributed by atoms with Crippen molar-refractivity contribution in [2.45, 2.75) is 18.9 Å². The number of rotatable bonds is 2. The maximum atomic E-state index is 10.8. The summed E-state index contributed by atoms with van der Waals surface area (Å²) in [5.41, 5.74) is 6.77. The molecule has 2 heterocycles. The highest BCUT2D eigenvalue weighted by atomic mass is 16.6. The van der Waals surface area contributed by atoms with Gasteiger partial charge in [0, 0.05) is 36.7 Å². The van der Waals surface area contributed by atoms with E-state index in [1.54, 1.807) is 12.1 Å². The summed E-state index contributed by atoms with van der Waals surface area (Å²) in [6.07, 6.45) is 1.94. The zero-order chi connectivity index (χ0) is 14.1. The largest absolute Gasteiger partial charge is 0.356 e. The Bertz CT molecular complexity index is 651. The number of piperidine rings is 1. The van der Waals surface area contributed by atoms with Gasteiger partial charge in [-0.1, -0.05) is 0 Å². The number of nitrogens with two attached hydrogens (primary N) is 1. The fourth-order valence-corrected chi connectivity index (χ4v) is 2.52. The molecule has 1 saturated heterocycles. The minimum Gasteiger partial charge on any atom is -0.356 e. The van der Waals surface area contributed by atoms with Crippen molar-refractivity contribution >= 4 is 22.4 Å². The monoisotopic (exact) mass is 272 g/mol. The molecule has 0 amide bonds. The van der Waals surface area contributed by atoms with Gasteiger partial charge in [0.25, 0.3) is 5.69 Å². The summed E-state index contributed by atoms with van der Waals surface area (Å²) in [6, 6.07) is 8.84. The first kappa shape index (κ1) is 12.8. The van der Waals surface area contributed by atoms with Gasteiger partial charge in [-0.05, 0) is 31.0 Å². The molecule has 0 aliphatic carbocycles. The molecule has 2 aromatic rings. The van der Waals surface area contributed by atoms with Gasteiger partial charge < -0.3 is 10.6 Å². The van der Waals surface area contributed by atoms with Gasteiger partial charge in [0.1, 0.15) is 5.82 Å². The van der Waals surface area contributed by atoms with Gasteiger partial charge in [-0.2, -0.15) is 0 Å². The molecule has 0 radical (unpaired) electrons. The second-order valence-corrected chi connectivity index (χ2v) is 5.13. The zero-order valence-electron chi connectivity index (χ0n) is 11.0. The van der Waals surface area contributed by atoms with Gasteiger partial charge in [0.15, 0.2) is 0 Å². The molecule has 6 heteroatoms. The lowest BCUT2D eigenvalue weighted by atomic mass is 10.1. The molecule has 0 atom stereocenters. The quantitative estimate of drug-likeness (QED) is 0.668. The highest BCUT2D eigenvalue weighted by molar-refractivity contribution is 5.82. The van der Waals surface area contributed by atoms with Crippen molar-refractivity contribution in [3.63, 3.8) is 0 Å². The molecule has 2 N–H and O–H groups in total. The van der Waals surface area contributed by atoms with Crippen LogP contribution in [0.15, 0.2) is 30.3 Å². The maximum Gasteiger partial charge on any atom is 0.270 e. The predicted octanol–water partition coefficient (Wildman–Crippen LogP) is 2.07. The lowest BCUT2D eigenvalue weighted by Gasteiger charge is -2.31. The average Bonchev–Trinajstić information content (AvgIpc) is 2.47. The third-order valence-corrected chi connectivity index (χ3v) is 3.73. The van der Waals surface area contributed by atoms with Crippen LogP contribution in [0.5, 0.6) is 0 Å². The molecular weight excluding hydrogens is 256 g/mol. The van der Waals surface area contributed by atoms with Crippen molar-refractivity contribution in [2.75, 3.05) is 18.0 Å². The lowest BCUT2D eigenvalue weighted by Crippen LogP contribution is -2.40. The van der Waals surface area contributed by atoms with Crippen LogP contribution in [-0.4, -0.2) is 29.0 Å². The van der Waals surface area contributed by atoms with E-state index in [1.165, 1.54) is 6.07 Å². The molecule has 3 rings (SSSR count). The van der Waals surface area contributed by atoms with E-state index in [0.29, 0.717) is 0 Å². The van der Waals surface area contributed by atoms with Crippen molar-refractivity contribution in [1.82, 2.24) is 4.98 Å². The van der Waals surface area contributed by atoms with Crippen molar-refractivity contribution in [3.05, 3.63) is 40.4 Å². The van der Waals surface area contributed by atoms with Crippen LogP contribution >= 0.6 is 0 Å². The van der Waals surface area contributed by atoms with Crippen LogP contribution in [0.25, 0.3) is 10.9 Å². The minimum absolute atomic E-state index is 0.0935.